The van der Waals surface area contributed by atoms with Gasteiger partial charge in [0.2, 0.25) is 0 Å². The van der Waals surface area contributed by atoms with Gasteiger partial charge >= 0.3 is 5.97 Å². The molecule has 0 aromatic heterocycles. The second-order valence-corrected chi connectivity index (χ2v) is 7.50. The van der Waals surface area contributed by atoms with E-state index in [-0.39, 0.29) is 24.0 Å². The number of hydrogen-bond donors (Lipinski definition) is 2. The Kier molecular flexibility index (Phi) is 5.74. The van der Waals surface area contributed by atoms with Gasteiger partial charge in [-0.3, -0.25) is 4.79 Å². The molecule has 0 spiro atoms. The van der Waals surface area contributed by atoms with Crippen molar-refractivity contribution in [1.29, 1.82) is 0 Å². The fourth-order valence-electron chi connectivity index (χ4n) is 4.23. The van der Waals surface area contributed by atoms with Crippen molar-refractivity contribution in [1.82, 2.24) is 5.32 Å². The topological polar surface area (TPSA) is 59.8 Å². The largest absolute Gasteiger partial charge is 0.465 e. The first-order chi connectivity index (χ1) is 12.1. The van der Waals surface area contributed by atoms with Crippen LogP contribution < -0.4 is 10.2 Å². The van der Waals surface area contributed by atoms with E-state index in [1.807, 2.05) is 12.1 Å². The number of esters is 1. The molecular weight excluding hydrogens is 316 g/mol. The molecule has 1 aromatic carbocycles. The molecule has 0 saturated heterocycles. The first-order valence-corrected chi connectivity index (χ1v) is 9.37. The molecule has 2 N–H and O–H groups in total. The van der Waals surface area contributed by atoms with Crippen LogP contribution in [0.15, 0.2) is 24.3 Å². The van der Waals surface area contributed by atoms with E-state index in [2.05, 4.69) is 24.4 Å². The zero-order chi connectivity index (χ0) is 17.8. The highest BCUT2D eigenvalue weighted by Crippen LogP contribution is 2.23. The summed E-state index contributed by atoms with van der Waals surface area (Å²) in [6.45, 7) is 3.21. The number of nitrogens with one attached hydrogen (secondary N) is 2. The van der Waals surface area contributed by atoms with Crippen molar-refractivity contribution in [2.45, 2.75) is 57.7 Å². The maximum Gasteiger partial charge on any atom is 0.365 e. The summed E-state index contributed by atoms with van der Waals surface area (Å²) in [6, 6.07) is 8.12. The number of rotatable bonds is 4. The van der Waals surface area contributed by atoms with Gasteiger partial charge in [-0.1, -0.05) is 44.0 Å². The quantitative estimate of drug-likeness (QED) is 0.796. The van der Waals surface area contributed by atoms with Gasteiger partial charge in [-0.15, -0.1) is 0 Å². The third kappa shape index (κ3) is 4.21. The predicted octanol–water partition coefficient (Wildman–Crippen LogP) is 0.864. The predicted molar refractivity (Wildman–Crippen MR) is 95.0 cm³/mol. The summed E-state index contributed by atoms with van der Waals surface area (Å²) in [5.41, 5.74) is 2.40. The lowest BCUT2D eigenvalue weighted by atomic mass is 9.86. The summed E-state index contributed by atoms with van der Waals surface area (Å²) >= 11 is 0. The molecule has 5 nitrogen and oxygen atoms in total. The zero-order valence-corrected chi connectivity index (χ0v) is 15.2. The molecule has 5 heteroatoms. The van der Waals surface area contributed by atoms with Crippen LogP contribution in [0.2, 0.25) is 0 Å². The van der Waals surface area contributed by atoms with Crippen LogP contribution in [-0.4, -0.2) is 37.6 Å². The van der Waals surface area contributed by atoms with Crippen LogP contribution >= 0.6 is 0 Å². The number of amides is 1. The summed E-state index contributed by atoms with van der Waals surface area (Å²) in [4.78, 5) is 25.8. The van der Waals surface area contributed by atoms with Crippen molar-refractivity contribution < 1.29 is 19.2 Å². The van der Waals surface area contributed by atoms with E-state index in [1.54, 1.807) is 0 Å². The number of hydrogen-bond acceptors (Lipinski definition) is 3. The van der Waals surface area contributed by atoms with Gasteiger partial charge in [0.15, 0.2) is 12.6 Å². The fourth-order valence-corrected chi connectivity index (χ4v) is 4.23. The van der Waals surface area contributed by atoms with E-state index in [4.69, 9.17) is 4.74 Å². The van der Waals surface area contributed by atoms with Gasteiger partial charge in [-0.05, 0) is 24.3 Å². The van der Waals surface area contributed by atoms with Gasteiger partial charge in [-0.2, -0.15) is 0 Å². The number of benzene rings is 1. The van der Waals surface area contributed by atoms with Crippen LogP contribution in [-0.2, 0) is 27.3 Å². The number of carbonyl (C=O) groups excluding carboxylic acids is 2. The van der Waals surface area contributed by atoms with Gasteiger partial charge in [0, 0.05) is 18.0 Å². The smallest absolute Gasteiger partial charge is 0.365 e. The molecule has 1 heterocycles. The lowest BCUT2D eigenvalue weighted by Gasteiger charge is -2.33. The Bertz CT molecular complexity index is 631. The van der Waals surface area contributed by atoms with Crippen molar-refractivity contribution in [3.63, 3.8) is 0 Å². The summed E-state index contributed by atoms with van der Waals surface area (Å²) in [7, 11) is 1.42. The maximum absolute atomic E-state index is 12.6. The van der Waals surface area contributed by atoms with E-state index < -0.39 is 0 Å². The number of carbonyl (C=O) groups is 2. The number of quaternary nitrogens is 1. The third-order valence-electron chi connectivity index (χ3n) is 5.78. The first kappa shape index (κ1) is 17.9. The molecule has 4 atom stereocenters. The molecule has 2 aliphatic rings. The van der Waals surface area contributed by atoms with Gasteiger partial charge in [0.1, 0.15) is 6.54 Å². The number of methoxy groups -OCH3 is 1. The van der Waals surface area contributed by atoms with Crippen LogP contribution in [0.4, 0.5) is 0 Å². The van der Waals surface area contributed by atoms with Crippen LogP contribution in [0, 0.1) is 5.92 Å². The molecule has 25 heavy (non-hydrogen) atoms. The highest BCUT2D eigenvalue weighted by molar-refractivity contribution is 5.78. The summed E-state index contributed by atoms with van der Waals surface area (Å²) < 4.78 is 4.99. The Hall–Kier alpha value is -1.88. The molecule has 1 aliphatic heterocycles. The van der Waals surface area contributed by atoms with E-state index in [1.165, 1.54) is 37.5 Å². The van der Waals surface area contributed by atoms with E-state index in [0.717, 1.165) is 11.3 Å². The van der Waals surface area contributed by atoms with Crippen LogP contribution in [0.1, 0.15) is 43.7 Å². The molecule has 1 saturated carbocycles. The minimum Gasteiger partial charge on any atom is -0.465 e. The lowest BCUT2D eigenvalue weighted by molar-refractivity contribution is -0.924. The molecule has 136 valence electrons. The molecule has 1 aliphatic carbocycles. The minimum atomic E-state index is -0.311. The monoisotopic (exact) mass is 345 g/mol. The Balaban J connectivity index is 1.68. The van der Waals surface area contributed by atoms with Crippen molar-refractivity contribution in [3.8, 4) is 0 Å². The zero-order valence-electron chi connectivity index (χ0n) is 15.2. The highest BCUT2D eigenvalue weighted by Gasteiger charge is 2.37. The SMILES string of the molecule is COC(=O)[C@H]1Cc2ccccc2C[NH+]1CC(=O)N[C@@H]1CCCC[C@H]1C. The Morgan fingerprint density at radius 3 is 2.64 bits per heavy atom. The molecule has 1 aromatic rings. The van der Waals surface area contributed by atoms with E-state index >= 15 is 0 Å². The lowest BCUT2D eigenvalue weighted by Crippen LogP contribution is -3.17. The fraction of sp³-hybridized carbons (Fsp3) is 0.600. The van der Waals surface area contributed by atoms with E-state index in [9.17, 15) is 9.59 Å². The van der Waals surface area contributed by atoms with Crippen molar-refractivity contribution in [2.75, 3.05) is 13.7 Å². The van der Waals surface area contributed by atoms with Gasteiger partial charge in [0.25, 0.3) is 5.91 Å². The standard InChI is InChI=1S/C20H28N2O3/c1-14-7-3-6-10-17(14)21-19(23)13-22-12-16-9-5-4-8-15(16)11-18(22)20(24)25-2/h4-5,8-9,14,17-18H,3,6-7,10-13H2,1-2H3,(H,21,23)/p+1/t14-,17-,18-/m1/s1. The Morgan fingerprint density at radius 2 is 1.92 bits per heavy atom. The van der Waals surface area contributed by atoms with Gasteiger partial charge in [0.05, 0.1) is 7.11 Å². The van der Waals surface area contributed by atoms with Crippen LogP contribution in [0.3, 0.4) is 0 Å². The van der Waals surface area contributed by atoms with Gasteiger partial charge in [-0.25, -0.2) is 4.79 Å². The van der Waals surface area contributed by atoms with Crippen LogP contribution in [0.5, 0.6) is 0 Å². The average Bonchev–Trinajstić information content (AvgIpc) is 2.62. The molecular formula is C20H29N2O3+. The normalized spacial score (nSPS) is 28.7. The number of fused-ring (bicyclic) bond motifs is 1. The maximum atomic E-state index is 12.6. The molecule has 1 amide bonds. The molecule has 0 radical (unpaired) electrons. The molecule has 3 rings (SSSR count). The second kappa shape index (κ2) is 8.00. The van der Waals surface area contributed by atoms with Crippen LogP contribution in [0.25, 0.3) is 0 Å². The summed E-state index contributed by atoms with van der Waals surface area (Å²) in [6.07, 6.45) is 5.31. The van der Waals surface area contributed by atoms with E-state index in [0.29, 0.717) is 25.4 Å². The number of ether oxygens (including phenoxy) is 1. The Morgan fingerprint density at radius 1 is 1.20 bits per heavy atom. The Labute approximate surface area is 149 Å². The first-order valence-electron chi connectivity index (χ1n) is 9.37. The van der Waals surface area contributed by atoms with Crippen molar-refractivity contribution >= 4 is 11.9 Å². The summed E-state index contributed by atoms with van der Waals surface area (Å²) in [5, 5.41) is 3.21. The average molecular weight is 345 g/mol. The second-order valence-electron chi connectivity index (χ2n) is 7.50. The molecule has 1 unspecified atom stereocenters. The minimum absolute atomic E-state index is 0.0436. The van der Waals surface area contributed by atoms with Gasteiger partial charge < -0.3 is 15.0 Å². The summed E-state index contributed by atoms with van der Waals surface area (Å²) in [5.74, 6) is 0.344. The molecule has 1 fully saturated rings. The highest BCUT2D eigenvalue weighted by atomic mass is 16.5. The third-order valence-corrected chi connectivity index (χ3v) is 5.78. The van der Waals surface area contributed by atoms with Crippen molar-refractivity contribution in [2.24, 2.45) is 5.92 Å². The van der Waals surface area contributed by atoms with Crippen molar-refractivity contribution in [3.05, 3.63) is 35.4 Å². The molecule has 0 bridgehead atoms.